The molecule has 216 valence electrons. The molecule has 1 saturated heterocycles. The van der Waals surface area contributed by atoms with E-state index in [4.69, 9.17) is 0 Å². The Kier molecular flexibility index (Phi) is 13.4. The van der Waals surface area contributed by atoms with Crippen LogP contribution >= 0.6 is 0 Å². The summed E-state index contributed by atoms with van der Waals surface area (Å²) in [5, 5.41) is 9.60. The molecule has 1 aliphatic rings. The number of anilines is 1. The SMILES string of the molecule is CCCCCCCCCCCCCCNC(=O)N1CCN(C(=O)Nc2ccc(Cc3noc(=O)[nH]3)cc2)CC1. The van der Waals surface area contributed by atoms with Gasteiger partial charge >= 0.3 is 17.8 Å². The average Bonchev–Trinajstić information content (AvgIpc) is 3.36. The first kappa shape index (κ1) is 30.2. The van der Waals surface area contributed by atoms with Crippen LogP contribution in [-0.2, 0) is 6.42 Å². The molecule has 10 nitrogen and oxygen atoms in total. The molecule has 2 aromatic rings. The van der Waals surface area contributed by atoms with E-state index in [1.807, 2.05) is 24.3 Å². The lowest BCUT2D eigenvalue weighted by molar-refractivity contribution is 0.149. The van der Waals surface area contributed by atoms with E-state index in [1.165, 1.54) is 64.2 Å². The fourth-order valence-electron chi connectivity index (χ4n) is 4.82. The normalized spacial score (nSPS) is 13.5. The van der Waals surface area contributed by atoms with Crippen molar-refractivity contribution in [3.05, 3.63) is 46.2 Å². The number of unbranched alkanes of at least 4 members (excludes halogenated alkanes) is 11. The number of piperazine rings is 1. The van der Waals surface area contributed by atoms with Crippen molar-refractivity contribution in [2.75, 3.05) is 38.0 Å². The average molecular weight is 543 g/mol. The van der Waals surface area contributed by atoms with Gasteiger partial charge in [-0.1, -0.05) is 94.8 Å². The van der Waals surface area contributed by atoms with Crippen LogP contribution in [0.5, 0.6) is 0 Å². The van der Waals surface area contributed by atoms with E-state index in [0.29, 0.717) is 50.7 Å². The molecule has 1 aliphatic heterocycles. The summed E-state index contributed by atoms with van der Waals surface area (Å²) in [6.07, 6.45) is 16.1. The fraction of sp³-hybridized carbons (Fsp3) is 0.655. The van der Waals surface area contributed by atoms with Crippen LogP contribution in [-0.4, -0.2) is 64.7 Å². The van der Waals surface area contributed by atoms with Crippen LogP contribution in [0.2, 0.25) is 0 Å². The van der Waals surface area contributed by atoms with Crippen LogP contribution in [0.1, 0.15) is 95.4 Å². The van der Waals surface area contributed by atoms with Crippen molar-refractivity contribution >= 4 is 17.7 Å². The highest BCUT2D eigenvalue weighted by Crippen LogP contribution is 2.14. The van der Waals surface area contributed by atoms with E-state index in [9.17, 15) is 14.4 Å². The number of carbonyl (C=O) groups is 2. The molecule has 4 amide bonds. The topological polar surface area (TPSA) is 124 Å². The Morgan fingerprint density at radius 2 is 1.36 bits per heavy atom. The van der Waals surface area contributed by atoms with Gasteiger partial charge in [0.2, 0.25) is 0 Å². The van der Waals surface area contributed by atoms with Gasteiger partial charge in [0, 0.05) is 44.8 Å². The molecule has 0 radical (unpaired) electrons. The van der Waals surface area contributed by atoms with Crippen molar-refractivity contribution in [2.45, 2.75) is 90.4 Å². The van der Waals surface area contributed by atoms with Gasteiger partial charge in [0.15, 0.2) is 5.82 Å². The molecule has 0 aliphatic carbocycles. The lowest BCUT2D eigenvalue weighted by Crippen LogP contribution is -2.54. The minimum Gasteiger partial charge on any atom is -0.338 e. The van der Waals surface area contributed by atoms with Crippen molar-refractivity contribution in [2.24, 2.45) is 0 Å². The third-order valence-electron chi connectivity index (χ3n) is 7.22. The number of urea groups is 2. The number of amides is 4. The first-order chi connectivity index (χ1) is 19.0. The molecular weight excluding hydrogens is 496 g/mol. The van der Waals surface area contributed by atoms with Gasteiger partial charge in [-0.25, -0.2) is 14.4 Å². The first-order valence-electron chi connectivity index (χ1n) is 14.8. The number of aromatic nitrogens is 2. The molecule has 0 atom stereocenters. The molecule has 0 saturated carbocycles. The Hall–Kier alpha value is -3.30. The number of H-pyrrole nitrogens is 1. The Morgan fingerprint density at radius 1 is 0.821 bits per heavy atom. The predicted molar refractivity (Wildman–Crippen MR) is 153 cm³/mol. The van der Waals surface area contributed by atoms with Crippen LogP contribution in [0.3, 0.4) is 0 Å². The van der Waals surface area contributed by atoms with Crippen LogP contribution in [0.4, 0.5) is 15.3 Å². The molecule has 10 heteroatoms. The summed E-state index contributed by atoms with van der Waals surface area (Å²) in [7, 11) is 0. The number of carbonyl (C=O) groups excluding carboxylic acids is 2. The highest BCUT2D eigenvalue weighted by Gasteiger charge is 2.24. The number of nitrogens with one attached hydrogen (secondary N) is 3. The van der Waals surface area contributed by atoms with Crippen molar-refractivity contribution < 1.29 is 14.1 Å². The predicted octanol–water partition coefficient (Wildman–Crippen LogP) is 5.51. The molecular formula is C29H46N6O4. The van der Waals surface area contributed by atoms with E-state index in [0.717, 1.165) is 18.4 Å². The zero-order chi connectivity index (χ0) is 27.7. The summed E-state index contributed by atoms with van der Waals surface area (Å²) in [4.78, 5) is 42.2. The zero-order valence-corrected chi connectivity index (χ0v) is 23.5. The zero-order valence-electron chi connectivity index (χ0n) is 23.5. The maximum absolute atomic E-state index is 12.7. The second-order valence-corrected chi connectivity index (χ2v) is 10.4. The molecule has 0 bridgehead atoms. The van der Waals surface area contributed by atoms with Crippen molar-refractivity contribution in [1.82, 2.24) is 25.3 Å². The lowest BCUT2D eigenvalue weighted by Gasteiger charge is -2.34. The standard InChI is InChI=1S/C29H46N6O4/c1-2-3-4-5-6-7-8-9-10-11-12-13-18-30-27(36)34-19-21-35(22-20-34)28(37)31-25-16-14-24(15-17-25)23-26-32-29(38)39-33-26/h14-17H,2-13,18-23H2,1H3,(H,30,36)(H,31,37)(H,32,33,38). The van der Waals surface area contributed by atoms with Crippen molar-refractivity contribution in [3.8, 4) is 0 Å². The molecule has 3 N–H and O–H groups in total. The van der Waals surface area contributed by atoms with Gasteiger partial charge in [-0.05, 0) is 24.1 Å². The minimum atomic E-state index is -0.578. The van der Waals surface area contributed by atoms with Gasteiger partial charge in [0.1, 0.15) is 0 Å². The van der Waals surface area contributed by atoms with Gasteiger partial charge in [-0.3, -0.25) is 9.51 Å². The summed E-state index contributed by atoms with van der Waals surface area (Å²) >= 11 is 0. The van der Waals surface area contributed by atoms with Crippen LogP contribution in [0.25, 0.3) is 0 Å². The Morgan fingerprint density at radius 3 is 1.90 bits per heavy atom. The van der Waals surface area contributed by atoms with E-state index < -0.39 is 5.76 Å². The van der Waals surface area contributed by atoms with Gasteiger partial charge in [0.25, 0.3) is 0 Å². The van der Waals surface area contributed by atoms with Crippen LogP contribution < -0.4 is 16.4 Å². The van der Waals surface area contributed by atoms with Crippen LogP contribution in [0, 0.1) is 0 Å². The second-order valence-electron chi connectivity index (χ2n) is 10.4. The summed E-state index contributed by atoms with van der Waals surface area (Å²) in [5.41, 5.74) is 1.61. The molecule has 0 unspecified atom stereocenters. The number of aromatic amines is 1. The Bertz CT molecular complexity index is 1030. The number of benzene rings is 1. The Balaban J connectivity index is 1.21. The third-order valence-corrected chi connectivity index (χ3v) is 7.22. The maximum Gasteiger partial charge on any atom is 0.438 e. The fourth-order valence-corrected chi connectivity index (χ4v) is 4.82. The van der Waals surface area contributed by atoms with E-state index in [-0.39, 0.29) is 12.1 Å². The monoisotopic (exact) mass is 542 g/mol. The molecule has 1 aromatic carbocycles. The van der Waals surface area contributed by atoms with Crippen molar-refractivity contribution in [1.29, 1.82) is 0 Å². The van der Waals surface area contributed by atoms with Gasteiger partial charge in [-0.15, -0.1) is 0 Å². The van der Waals surface area contributed by atoms with Gasteiger partial charge < -0.3 is 20.4 Å². The van der Waals surface area contributed by atoms with Crippen LogP contribution in [0.15, 0.2) is 33.6 Å². The number of rotatable bonds is 16. The molecule has 1 fully saturated rings. The molecule has 1 aromatic heterocycles. The smallest absolute Gasteiger partial charge is 0.338 e. The minimum absolute atomic E-state index is 0.0397. The quantitative estimate of drug-likeness (QED) is 0.241. The molecule has 0 spiro atoms. The van der Waals surface area contributed by atoms with E-state index in [2.05, 4.69) is 32.2 Å². The summed E-state index contributed by atoms with van der Waals surface area (Å²) in [5.74, 6) is -0.126. The van der Waals surface area contributed by atoms with E-state index in [1.54, 1.807) is 9.80 Å². The van der Waals surface area contributed by atoms with Crippen molar-refractivity contribution in [3.63, 3.8) is 0 Å². The largest absolute Gasteiger partial charge is 0.438 e. The lowest BCUT2D eigenvalue weighted by atomic mass is 10.1. The second kappa shape index (κ2) is 17.3. The van der Waals surface area contributed by atoms with Gasteiger partial charge in [-0.2, -0.15) is 0 Å². The Labute approximate surface area is 231 Å². The third kappa shape index (κ3) is 11.5. The van der Waals surface area contributed by atoms with Gasteiger partial charge in [0.05, 0.1) is 0 Å². The molecule has 2 heterocycles. The van der Waals surface area contributed by atoms with E-state index >= 15 is 0 Å². The highest BCUT2D eigenvalue weighted by atomic mass is 16.5. The maximum atomic E-state index is 12.7. The number of hydrogen-bond acceptors (Lipinski definition) is 5. The molecule has 39 heavy (non-hydrogen) atoms. The number of hydrogen-bond donors (Lipinski definition) is 3. The molecule has 3 rings (SSSR count). The summed E-state index contributed by atoms with van der Waals surface area (Å²) in [6, 6.07) is 7.13. The highest BCUT2D eigenvalue weighted by molar-refractivity contribution is 5.89. The first-order valence-corrected chi connectivity index (χ1v) is 14.8. The summed E-state index contributed by atoms with van der Waals surface area (Å²) < 4.78 is 4.51. The summed E-state index contributed by atoms with van der Waals surface area (Å²) in [6.45, 7) is 5.00. The number of nitrogens with zero attached hydrogens (tertiary/aromatic N) is 3.